The van der Waals surface area contributed by atoms with Crippen LogP contribution in [0.4, 0.5) is 4.79 Å². The zero-order chi connectivity index (χ0) is 28.4. The molecule has 0 saturated heterocycles. The molecule has 4 atom stereocenters. The zero-order valence-corrected chi connectivity index (χ0v) is 20.8. The number of aromatic hydroxyl groups is 2. The molecule has 0 aliphatic heterocycles. The quantitative estimate of drug-likeness (QED) is 0.179. The van der Waals surface area contributed by atoms with E-state index in [2.05, 4.69) is 21.3 Å². The summed E-state index contributed by atoms with van der Waals surface area (Å²) in [6.07, 6.45) is -1.42. The highest BCUT2D eigenvalue weighted by Crippen LogP contribution is 2.12. The maximum absolute atomic E-state index is 12.7. The van der Waals surface area contributed by atoms with Crippen molar-refractivity contribution in [1.82, 2.24) is 21.3 Å². The summed E-state index contributed by atoms with van der Waals surface area (Å²) in [7, 11) is 0. The van der Waals surface area contributed by atoms with Crippen LogP contribution < -0.4 is 27.0 Å². The highest BCUT2D eigenvalue weighted by atomic mass is 16.4. The molecule has 2 rings (SSSR count). The van der Waals surface area contributed by atoms with E-state index >= 15 is 0 Å². The second-order valence-electron chi connectivity index (χ2n) is 8.67. The van der Waals surface area contributed by atoms with Crippen molar-refractivity contribution in [2.24, 2.45) is 5.73 Å². The van der Waals surface area contributed by atoms with Crippen molar-refractivity contribution in [1.29, 1.82) is 0 Å². The SMILES string of the molecule is C[C@H](NC(=O)[C@H](C)NC(=O)[C@H](Cc1ccc(O)cc1)NC(=O)O)C(=O)N[C@@H](Cc1ccc(O)cc1)C(N)=O. The molecule has 0 unspecified atom stereocenters. The molecular weight excluding hydrogens is 498 g/mol. The third kappa shape index (κ3) is 9.33. The van der Waals surface area contributed by atoms with Crippen molar-refractivity contribution < 1.29 is 39.3 Å². The van der Waals surface area contributed by atoms with Crippen LogP contribution in [0.1, 0.15) is 25.0 Å². The third-order valence-electron chi connectivity index (χ3n) is 5.53. The van der Waals surface area contributed by atoms with E-state index in [1.165, 1.54) is 50.2 Å². The number of amides is 5. The molecule has 9 N–H and O–H groups in total. The number of phenols is 2. The Morgan fingerprint density at radius 3 is 1.47 bits per heavy atom. The number of hydrogen-bond acceptors (Lipinski definition) is 7. The van der Waals surface area contributed by atoms with Crippen LogP contribution in [0, 0.1) is 0 Å². The summed E-state index contributed by atoms with van der Waals surface area (Å²) in [6.45, 7) is 2.73. The molecular formula is C25H31N5O8. The molecule has 13 nitrogen and oxygen atoms in total. The largest absolute Gasteiger partial charge is 0.508 e. The molecule has 204 valence electrons. The molecule has 2 aromatic rings. The zero-order valence-electron chi connectivity index (χ0n) is 20.8. The van der Waals surface area contributed by atoms with Crippen molar-refractivity contribution in [3.63, 3.8) is 0 Å². The number of primary amides is 1. The second-order valence-corrected chi connectivity index (χ2v) is 8.67. The Kier molecular flexibility index (Phi) is 10.4. The Bertz CT molecular complexity index is 1150. The molecule has 0 radical (unpaired) electrons. The van der Waals surface area contributed by atoms with Crippen LogP contribution in [-0.4, -0.2) is 69.2 Å². The topological polar surface area (TPSA) is 220 Å². The first-order valence-corrected chi connectivity index (χ1v) is 11.6. The first-order valence-electron chi connectivity index (χ1n) is 11.6. The van der Waals surface area contributed by atoms with Crippen molar-refractivity contribution in [2.75, 3.05) is 0 Å². The number of benzene rings is 2. The van der Waals surface area contributed by atoms with E-state index in [1.807, 2.05) is 0 Å². The van der Waals surface area contributed by atoms with E-state index in [1.54, 1.807) is 12.1 Å². The predicted molar refractivity (Wildman–Crippen MR) is 135 cm³/mol. The van der Waals surface area contributed by atoms with E-state index < -0.39 is 53.9 Å². The number of carboxylic acid groups (broad SMARTS) is 1. The summed E-state index contributed by atoms with van der Waals surface area (Å²) in [6, 6.07) is 7.27. The van der Waals surface area contributed by atoms with Gasteiger partial charge in [0.15, 0.2) is 0 Å². The van der Waals surface area contributed by atoms with E-state index in [9.17, 15) is 34.2 Å². The lowest BCUT2D eigenvalue weighted by molar-refractivity contribution is -0.133. The van der Waals surface area contributed by atoms with Gasteiger partial charge in [-0.2, -0.15) is 0 Å². The molecule has 0 saturated carbocycles. The van der Waals surface area contributed by atoms with Gasteiger partial charge in [0, 0.05) is 12.8 Å². The van der Waals surface area contributed by atoms with E-state index in [4.69, 9.17) is 10.8 Å². The fourth-order valence-corrected chi connectivity index (χ4v) is 3.40. The van der Waals surface area contributed by atoms with Gasteiger partial charge < -0.3 is 42.3 Å². The van der Waals surface area contributed by atoms with Gasteiger partial charge in [0.2, 0.25) is 23.6 Å². The summed E-state index contributed by atoms with van der Waals surface area (Å²) >= 11 is 0. The molecule has 13 heteroatoms. The van der Waals surface area contributed by atoms with E-state index in [-0.39, 0.29) is 24.3 Å². The average Bonchev–Trinajstić information content (AvgIpc) is 2.85. The summed E-state index contributed by atoms with van der Waals surface area (Å²) in [4.78, 5) is 60.9. The fourth-order valence-electron chi connectivity index (χ4n) is 3.40. The van der Waals surface area contributed by atoms with Gasteiger partial charge >= 0.3 is 6.09 Å². The summed E-state index contributed by atoms with van der Waals surface area (Å²) in [5, 5.41) is 37.2. The number of nitrogens with two attached hydrogens (primary N) is 1. The van der Waals surface area contributed by atoms with Gasteiger partial charge in [-0.1, -0.05) is 24.3 Å². The first-order chi connectivity index (χ1) is 17.8. The van der Waals surface area contributed by atoms with E-state index in [0.717, 1.165) is 0 Å². The standard InChI is InChI=1S/C25H31N5O8/c1-13(28-24(36)20(30-25(37)38)12-16-5-9-18(32)10-6-16)22(34)27-14(2)23(35)29-19(21(26)33)11-15-3-7-17(31)8-4-15/h3-10,13-14,19-20,30-32H,11-12H2,1-2H3,(H2,26,33)(H,27,34)(H,28,36)(H,29,35)(H,37,38)/t13-,14-,19-,20-/m0/s1. The molecule has 38 heavy (non-hydrogen) atoms. The minimum atomic E-state index is -1.44. The van der Waals surface area contributed by atoms with Crippen molar-refractivity contribution in [3.05, 3.63) is 59.7 Å². The highest BCUT2D eigenvalue weighted by Gasteiger charge is 2.27. The highest BCUT2D eigenvalue weighted by molar-refractivity contribution is 5.94. The minimum Gasteiger partial charge on any atom is -0.508 e. The van der Waals surface area contributed by atoms with Gasteiger partial charge in [-0.3, -0.25) is 19.2 Å². The first kappa shape index (κ1) is 29.4. The number of hydrogen-bond donors (Lipinski definition) is 8. The van der Waals surface area contributed by atoms with Crippen LogP contribution >= 0.6 is 0 Å². The van der Waals surface area contributed by atoms with Gasteiger partial charge in [0.1, 0.15) is 35.7 Å². The van der Waals surface area contributed by atoms with Crippen LogP contribution in [-0.2, 0) is 32.0 Å². The van der Waals surface area contributed by atoms with Crippen LogP contribution in [0.25, 0.3) is 0 Å². The van der Waals surface area contributed by atoms with Crippen LogP contribution in [0.3, 0.4) is 0 Å². The van der Waals surface area contributed by atoms with Crippen molar-refractivity contribution >= 4 is 29.7 Å². The molecule has 0 aromatic heterocycles. The fraction of sp³-hybridized carbons (Fsp3) is 0.320. The van der Waals surface area contributed by atoms with Crippen LogP contribution in [0.5, 0.6) is 11.5 Å². The molecule has 0 fully saturated rings. The Morgan fingerprint density at radius 2 is 1.05 bits per heavy atom. The molecule has 0 aliphatic rings. The maximum Gasteiger partial charge on any atom is 0.405 e. The third-order valence-corrected chi connectivity index (χ3v) is 5.53. The lowest BCUT2D eigenvalue weighted by Gasteiger charge is -2.23. The second kappa shape index (κ2) is 13.5. The van der Waals surface area contributed by atoms with Crippen molar-refractivity contribution in [3.8, 4) is 11.5 Å². The van der Waals surface area contributed by atoms with Gasteiger partial charge in [-0.15, -0.1) is 0 Å². The Hall–Kier alpha value is -4.81. The lowest BCUT2D eigenvalue weighted by Crippen LogP contribution is -2.57. The predicted octanol–water partition coefficient (Wildman–Crippen LogP) is -0.501. The molecule has 2 aromatic carbocycles. The maximum atomic E-state index is 12.7. The monoisotopic (exact) mass is 529 g/mol. The van der Waals surface area contributed by atoms with Crippen LogP contribution in [0.15, 0.2) is 48.5 Å². The van der Waals surface area contributed by atoms with Gasteiger partial charge in [0.05, 0.1) is 0 Å². The summed E-state index contributed by atoms with van der Waals surface area (Å²) in [5.74, 6) is -2.95. The number of nitrogens with one attached hydrogen (secondary N) is 4. The number of carbonyl (C=O) groups excluding carboxylic acids is 4. The minimum absolute atomic E-state index is 0.00639. The lowest BCUT2D eigenvalue weighted by atomic mass is 10.0. The van der Waals surface area contributed by atoms with Gasteiger partial charge in [-0.05, 0) is 49.2 Å². The number of rotatable bonds is 12. The van der Waals surface area contributed by atoms with Gasteiger partial charge in [-0.25, -0.2) is 4.79 Å². The summed E-state index contributed by atoms with van der Waals surface area (Å²) in [5.41, 5.74) is 6.60. The molecule has 0 bridgehead atoms. The summed E-state index contributed by atoms with van der Waals surface area (Å²) < 4.78 is 0. The van der Waals surface area contributed by atoms with Crippen molar-refractivity contribution in [2.45, 2.75) is 50.9 Å². The molecule has 0 aliphatic carbocycles. The normalized spacial score (nSPS) is 13.7. The number of phenolic OH excluding ortho intramolecular Hbond substituents is 2. The Balaban J connectivity index is 1.95. The smallest absolute Gasteiger partial charge is 0.405 e. The Labute approximate surface area is 218 Å². The number of carbonyl (C=O) groups is 5. The average molecular weight is 530 g/mol. The van der Waals surface area contributed by atoms with Crippen LogP contribution in [0.2, 0.25) is 0 Å². The van der Waals surface area contributed by atoms with Gasteiger partial charge in [0.25, 0.3) is 0 Å². The van der Waals surface area contributed by atoms with E-state index in [0.29, 0.717) is 11.1 Å². The molecule has 0 spiro atoms. The Morgan fingerprint density at radius 1 is 0.658 bits per heavy atom. The molecule has 5 amide bonds. The molecule has 0 heterocycles.